The Morgan fingerprint density at radius 1 is 1.27 bits per heavy atom. The van der Waals surface area contributed by atoms with E-state index in [1.165, 1.54) is 0 Å². The third kappa shape index (κ3) is 2.36. The van der Waals surface area contributed by atoms with Gasteiger partial charge >= 0.3 is 0 Å². The summed E-state index contributed by atoms with van der Waals surface area (Å²) in [6, 6.07) is 0.563. The second kappa shape index (κ2) is 3.79. The largest absolute Gasteiger partial charge is 0.295 e. The zero-order valence-electron chi connectivity index (χ0n) is 6.90. The first-order valence-corrected chi connectivity index (χ1v) is 4.64. The molecule has 11 heavy (non-hydrogen) atoms. The summed E-state index contributed by atoms with van der Waals surface area (Å²) < 4.78 is 0. The van der Waals surface area contributed by atoms with Crippen molar-refractivity contribution in [3.05, 3.63) is 10.1 Å². The number of halogens is 2. The molecule has 0 N–H and O–H groups in total. The van der Waals surface area contributed by atoms with Crippen LogP contribution in [-0.4, -0.2) is 24.0 Å². The molecule has 0 unspecified atom stereocenters. The van der Waals surface area contributed by atoms with Gasteiger partial charge in [-0.25, -0.2) is 0 Å². The molecule has 3 heteroatoms. The lowest BCUT2D eigenvalue weighted by Crippen LogP contribution is -2.35. The van der Waals surface area contributed by atoms with Crippen LogP contribution in [0.4, 0.5) is 0 Å². The fraction of sp³-hybridized carbons (Fsp3) is 0.750. The Kier molecular flexibility index (Phi) is 3.23. The molecule has 0 bridgehead atoms. The lowest BCUT2D eigenvalue weighted by atomic mass is 10.2. The van der Waals surface area contributed by atoms with Gasteiger partial charge in [0.25, 0.3) is 0 Å². The van der Waals surface area contributed by atoms with Crippen LogP contribution in [0.15, 0.2) is 10.1 Å². The summed E-state index contributed by atoms with van der Waals surface area (Å²) >= 11 is 11.8. The van der Waals surface area contributed by atoms with Crippen molar-refractivity contribution >= 4 is 23.2 Å². The molecule has 0 aromatic rings. The smallest absolute Gasteiger partial charge is 0.0466 e. The molecule has 0 amide bonds. The van der Waals surface area contributed by atoms with Crippen LogP contribution in [0.5, 0.6) is 0 Å². The Hall–Kier alpha value is 0.280. The Labute approximate surface area is 78.0 Å². The SMILES string of the molecule is CC(C)N1CCC(Cl)=C(Cl)C1. The molecule has 0 fully saturated rings. The van der Waals surface area contributed by atoms with Crippen LogP contribution in [0.2, 0.25) is 0 Å². The van der Waals surface area contributed by atoms with Crippen molar-refractivity contribution in [2.24, 2.45) is 0 Å². The fourth-order valence-electron chi connectivity index (χ4n) is 1.16. The van der Waals surface area contributed by atoms with Gasteiger partial charge in [-0.05, 0) is 20.3 Å². The van der Waals surface area contributed by atoms with Gasteiger partial charge < -0.3 is 0 Å². The van der Waals surface area contributed by atoms with E-state index in [1.54, 1.807) is 0 Å². The third-order valence-electron chi connectivity index (χ3n) is 1.99. The topological polar surface area (TPSA) is 3.24 Å². The Morgan fingerprint density at radius 2 is 1.91 bits per heavy atom. The molecular weight excluding hydrogens is 181 g/mol. The van der Waals surface area contributed by atoms with Gasteiger partial charge in [0.05, 0.1) is 0 Å². The van der Waals surface area contributed by atoms with Crippen LogP contribution in [0.3, 0.4) is 0 Å². The quantitative estimate of drug-likeness (QED) is 0.620. The van der Waals surface area contributed by atoms with Gasteiger partial charge in [0.2, 0.25) is 0 Å². The maximum absolute atomic E-state index is 5.91. The molecule has 1 heterocycles. The molecule has 1 aliphatic rings. The summed E-state index contributed by atoms with van der Waals surface area (Å²) in [5.74, 6) is 0. The highest BCUT2D eigenvalue weighted by Crippen LogP contribution is 2.24. The van der Waals surface area contributed by atoms with Gasteiger partial charge in [0.1, 0.15) is 0 Å². The maximum Gasteiger partial charge on any atom is 0.0466 e. The number of hydrogen-bond acceptors (Lipinski definition) is 1. The highest BCUT2D eigenvalue weighted by molar-refractivity contribution is 6.39. The molecule has 0 spiro atoms. The first-order valence-electron chi connectivity index (χ1n) is 3.88. The highest BCUT2D eigenvalue weighted by atomic mass is 35.5. The van der Waals surface area contributed by atoms with E-state index in [9.17, 15) is 0 Å². The lowest BCUT2D eigenvalue weighted by Gasteiger charge is -2.29. The molecule has 1 nitrogen and oxygen atoms in total. The van der Waals surface area contributed by atoms with Crippen molar-refractivity contribution < 1.29 is 0 Å². The van der Waals surface area contributed by atoms with E-state index < -0.39 is 0 Å². The molecule has 0 aliphatic carbocycles. The van der Waals surface area contributed by atoms with Crippen molar-refractivity contribution in [1.29, 1.82) is 0 Å². The Balaban J connectivity index is 2.57. The number of rotatable bonds is 1. The summed E-state index contributed by atoms with van der Waals surface area (Å²) in [6.07, 6.45) is 0.901. The maximum atomic E-state index is 5.91. The van der Waals surface area contributed by atoms with Crippen molar-refractivity contribution in [3.63, 3.8) is 0 Å². The van der Waals surface area contributed by atoms with E-state index in [4.69, 9.17) is 23.2 Å². The second-order valence-corrected chi connectivity index (χ2v) is 4.04. The van der Waals surface area contributed by atoms with Gasteiger partial charge in [-0.1, -0.05) is 23.2 Å². The predicted molar refractivity (Wildman–Crippen MR) is 50.1 cm³/mol. The predicted octanol–water partition coefficient (Wildman–Crippen LogP) is 2.79. The Morgan fingerprint density at radius 3 is 2.36 bits per heavy atom. The van der Waals surface area contributed by atoms with E-state index in [1.807, 2.05) is 0 Å². The molecule has 0 radical (unpaired) electrons. The average molecular weight is 194 g/mol. The standard InChI is InChI=1S/C8H13Cl2N/c1-6(2)11-4-3-7(9)8(10)5-11/h6H,3-5H2,1-2H3. The van der Waals surface area contributed by atoms with E-state index in [2.05, 4.69) is 18.7 Å². The molecule has 64 valence electrons. The first-order chi connectivity index (χ1) is 5.11. The van der Waals surface area contributed by atoms with E-state index in [-0.39, 0.29) is 0 Å². The van der Waals surface area contributed by atoms with Crippen molar-refractivity contribution in [2.45, 2.75) is 26.3 Å². The summed E-state index contributed by atoms with van der Waals surface area (Å²) in [5, 5.41) is 1.65. The van der Waals surface area contributed by atoms with Crippen molar-refractivity contribution in [1.82, 2.24) is 4.90 Å². The van der Waals surface area contributed by atoms with E-state index in [0.717, 1.165) is 29.6 Å². The van der Waals surface area contributed by atoms with Crippen LogP contribution < -0.4 is 0 Å². The minimum atomic E-state index is 0.563. The molecule has 0 saturated heterocycles. The van der Waals surface area contributed by atoms with Crippen LogP contribution >= 0.6 is 23.2 Å². The lowest BCUT2D eigenvalue weighted by molar-refractivity contribution is 0.239. The fourth-order valence-corrected chi connectivity index (χ4v) is 1.55. The highest BCUT2D eigenvalue weighted by Gasteiger charge is 2.17. The van der Waals surface area contributed by atoms with Crippen molar-refractivity contribution in [3.8, 4) is 0 Å². The monoisotopic (exact) mass is 193 g/mol. The zero-order chi connectivity index (χ0) is 8.43. The minimum Gasteiger partial charge on any atom is -0.295 e. The van der Waals surface area contributed by atoms with E-state index >= 15 is 0 Å². The average Bonchev–Trinajstić information content (AvgIpc) is 1.94. The number of hydrogen-bond donors (Lipinski definition) is 0. The number of nitrogens with zero attached hydrogens (tertiary/aromatic N) is 1. The molecule has 0 saturated carbocycles. The van der Waals surface area contributed by atoms with Gasteiger partial charge in [0.15, 0.2) is 0 Å². The minimum absolute atomic E-state index is 0.563. The molecule has 0 aromatic heterocycles. The molecular formula is C8H13Cl2N. The Bertz CT molecular complexity index is 175. The van der Waals surface area contributed by atoms with Crippen LogP contribution in [0.1, 0.15) is 20.3 Å². The van der Waals surface area contributed by atoms with Crippen LogP contribution in [0, 0.1) is 0 Å². The summed E-state index contributed by atoms with van der Waals surface area (Å²) in [7, 11) is 0. The van der Waals surface area contributed by atoms with Gasteiger partial charge in [-0.3, -0.25) is 4.90 Å². The molecule has 0 atom stereocenters. The summed E-state index contributed by atoms with van der Waals surface area (Å²) in [6.45, 7) is 6.19. The van der Waals surface area contributed by atoms with E-state index in [0.29, 0.717) is 6.04 Å². The molecule has 0 aromatic carbocycles. The van der Waals surface area contributed by atoms with Crippen molar-refractivity contribution in [2.75, 3.05) is 13.1 Å². The third-order valence-corrected chi connectivity index (χ3v) is 2.85. The van der Waals surface area contributed by atoms with Crippen LogP contribution in [0.25, 0.3) is 0 Å². The molecule has 1 rings (SSSR count). The summed E-state index contributed by atoms with van der Waals surface area (Å²) in [4.78, 5) is 2.31. The summed E-state index contributed by atoms with van der Waals surface area (Å²) in [5.41, 5.74) is 0. The van der Waals surface area contributed by atoms with Gasteiger partial charge in [-0.15, -0.1) is 0 Å². The van der Waals surface area contributed by atoms with Crippen LogP contribution in [-0.2, 0) is 0 Å². The van der Waals surface area contributed by atoms with Gasteiger partial charge in [0, 0.05) is 29.2 Å². The molecule has 1 aliphatic heterocycles. The van der Waals surface area contributed by atoms with Gasteiger partial charge in [-0.2, -0.15) is 0 Å². The zero-order valence-corrected chi connectivity index (χ0v) is 8.41. The normalized spacial score (nSPS) is 21.5. The second-order valence-electron chi connectivity index (χ2n) is 3.12. The first kappa shape index (κ1) is 9.37.